The van der Waals surface area contributed by atoms with Crippen LogP contribution in [-0.4, -0.2) is 28.9 Å². The molecule has 0 aliphatic carbocycles. The lowest BCUT2D eigenvalue weighted by Crippen LogP contribution is -2.50. The van der Waals surface area contributed by atoms with Crippen LogP contribution in [0.4, 0.5) is 0 Å². The van der Waals surface area contributed by atoms with Crippen LogP contribution >= 0.6 is 12.2 Å². The maximum absolute atomic E-state index is 12.3. The molecule has 0 aliphatic heterocycles. The second-order valence-corrected chi connectivity index (χ2v) is 4.60. The van der Waals surface area contributed by atoms with Gasteiger partial charge in [-0.3, -0.25) is 4.79 Å². The molecule has 0 atom stereocenters. The van der Waals surface area contributed by atoms with Gasteiger partial charge < -0.3 is 10.6 Å². The van der Waals surface area contributed by atoms with Crippen LogP contribution in [0.25, 0.3) is 0 Å². The van der Waals surface area contributed by atoms with Crippen molar-refractivity contribution in [3.8, 4) is 0 Å². The number of thiocarbonyl (C=S) groups is 1. The van der Waals surface area contributed by atoms with E-state index in [1.165, 1.54) is 0 Å². The first-order chi connectivity index (χ1) is 6.83. The van der Waals surface area contributed by atoms with Gasteiger partial charge in [-0.15, -0.1) is 0 Å². The van der Waals surface area contributed by atoms with Crippen LogP contribution in [0.3, 0.4) is 0 Å². The molecule has 0 unspecified atom stereocenters. The minimum atomic E-state index is -0.658. The molecule has 0 saturated carbocycles. The van der Waals surface area contributed by atoms with E-state index >= 15 is 0 Å². The van der Waals surface area contributed by atoms with Crippen molar-refractivity contribution in [2.24, 2.45) is 11.1 Å². The van der Waals surface area contributed by atoms with E-state index in [1.54, 1.807) is 11.9 Å². The summed E-state index contributed by atoms with van der Waals surface area (Å²) < 4.78 is 0. The lowest BCUT2D eigenvalue weighted by Gasteiger charge is -2.35. The van der Waals surface area contributed by atoms with Gasteiger partial charge in [0.1, 0.15) is 0 Å². The maximum atomic E-state index is 12.3. The summed E-state index contributed by atoms with van der Waals surface area (Å²) in [5.74, 6) is 0.0370. The number of rotatable bonds is 5. The third-order valence-electron chi connectivity index (χ3n) is 3.18. The second kappa shape index (κ2) is 5.45. The minimum absolute atomic E-state index is 0.0370. The van der Waals surface area contributed by atoms with Gasteiger partial charge in [-0.2, -0.15) is 0 Å². The van der Waals surface area contributed by atoms with Crippen LogP contribution in [0.15, 0.2) is 0 Å². The Morgan fingerprint density at radius 3 is 2.00 bits per heavy atom. The lowest BCUT2D eigenvalue weighted by atomic mass is 9.80. The minimum Gasteiger partial charge on any atom is -0.392 e. The number of nitrogens with zero attached hydrogens (tertiary/aromatic N) is 1. The first kappa shape index (κ1) is 14.4. The molecule has 0 aromatic rings. The lowest BCUT2D eigenvalue weighted by molar-refractivity contribution is -0.138. The van der Waals surface area contributed by atoms with Gasteiger partial charge in [0.15, 0.2) is 0 Å². The summed E-state index contributed by atoms with van der Waals surface area (Å²) >= 11 is 5.04. The summed E-state index contributed by atoms with van der Waals surface area (Å²) in [6.07, 6.45) is 1.32. The van der Waals surface area contributed by atoms with Crippen LogP contribution in [-0.2, 0) is 4.79 Å². The summed E-state index contributed by atoms with van der Waals surface area (Å²) in [5.41, 5.74) is 5.06. The highest BCUT2D eigenvalue weighted by Crippen LogP contribution is 2.29. The van der Waals surface area contributed by atoms with Gasteiger partial charge in [-0.25, -0.2) is 0 Å². The van der Waals surface area contributed by atoms with Crippen LogP contribution in [0, 0.1) is 5.41 Å². The molecule has 0 heterocycles. The Labute approximate surface area is 98.0 Å². The van der Waals surface area contributed by atoms with E-state index < -0.39 is 5.41 Å². The van der Waals surface area contributed by atoms with Crippen molar-refractivity contribution in [1.29, 1.82) is 0 Å². The fourth-order valence-corrected chi connectivity index (χ4v) is 1.95. The smallest absolute Gasteiger partial charge is 0.235 e. The number of hydrogen-bond donors (Lipinski definition) is 1. The first-order valence-corrected chi connectivity index (χ1v) is 5.81. The Hall–Kier alpha value is -0.640. The van der Waals surface area contributed by atoms with Crippen molar-refractivity contribution < 1.29 is 4.79 Å². The molecule has 0 spiro atoms. The summed E-state index contributed by atoms with van der Waals surface area (Å²) in [7, 11) is 1.80. The Morgan fingerprint density at radius 1 is 1.40 bits per heavy atom. The number of hydrogen-bond acceptors (Lipinski definition) is 2. The van der Waals surface area contributed by atoms with E-state index in [0.717, 1.165) is 0 Å². The molecule has 0 saturated heterocycles. The Morgan fingerprint density at radius 2 is 1.80 bits per heavy atom. The molecule has 0 radical (unpaired) electrons. The number of carbonyl (C=O) groups is 1. The zero-order chi connectivity index (χ0) is 12.2. The molecule has 0 aliphatic rings. The zero-order valence-electron chi connectivity index (χ0n) is 10.3. The van der Waals surface area contributed by atoms with Crippen molar-refractivity contribution in [2.45, 2.75) is 46.6 Å². The molecule has 0 fully saturated rings. The van der Waals surface area contributed by atoms with Gasteiger partial charge >= 0.3 is 0 Å². The quantitative estimate of drug-likeness (QED) is 0.734. The molecule has 88 valence electrons. The maximum Gasteiger partial charge on any atom is 0.235 e. The van der Waals surface area contributed by atoms with Gasteiger partial charge in [0.25, 0.3) is 0 Å². The second-order valence-electron chi connectivity index (χ2n) is 4.16. The predicted octanol–water partition coefficient (Wildman–Crippen LogP) is 1.95. The van der Waals surface area contributed by atoms with Gasteiger partial charge in [-0.1, -0.05) is 26.1 Å². The Balaban J connectivity index is 5.10. The van der Waals surface area contributed by atoms with Crippen LogP contribution in [0.2, 0.25) is 0 Å². The molecular weight excluding hydrogens is 208 g/mol. The van der Waals surface area contributed by atoms with Crippen molar-refractivity contribution in [3.05, 3.63) is 0 Å². The first-order valence-electron chi connectivity index (χ1n) is 5.40. The normalized spacial score (nSPS) is 11.6. The predicted molar refractivity (Wildman–Crippen MR) is 67.7 cm³/mol. The van der Waals surface area contributed by atoms with Gasteiger partial charge in [0, 0.05) is 13.1 Å². The van der Waals surface area contributed by atoms with Crippen LogP contribution in [0.1, 0.15) is 40.5 Å². The molecule has 2 N–H and O–H groups in total. The van der Waals surface area contributed by atoms with Gasteiger partial charge in [0.05, 0.1) is 10.4 Å². The molecule has 0 rings (SSSR count). The summed E-state index contributed by atoms with van der Waals surface area (Å²) in [6, 6.07) is 0.171. The summed E-state index contributed by atoms with van der Waals surface area (Å²) in [6.45, 7) is 7.87. The molecule has 0 bridgehead atoms. The van der Waals surface area contributed by atoms with E-state index in [1.807, 2.05) is 27.7 Å². The standard InChI is InChI=1S/C11H22N2OS/c1-6-11(7-2,9(12)15)10(14)13(5)8(3)4/h8H,6-7H2,1-5H3,(H2,12,15). The Bertz CT molecular complexity index is 247. The van der Waals surface area contributed by atoms with Crippen LogP contribution < -0.4 is 5.73 Å². The highest BCUT2D eigenvalue weighted by Gasteiger charge is 2.40. The molecule has 0 aromatic heterocycles. The molecule has 3 nitrogen and oxygen atoms in total. The number of amides is 1. The van der Waals surface area contributed by atoms with Crippen molar-refractivity contribution in [2.75, 3.05) is 7.05 Å². The van der Waals surface area contributed by atoms with E-state index in [-0.39, 0.29) is 11.9 Å². The van der Waals surface area contributed by atoms with Crippen molar-refractivity contribution >= 4 is 23.1 Å². The fourth-order valence-electron chi connectivity index (χ4n) is 1.58. The average Bonchev–Trinajstić information content (AvgIpc) is 2.18. The molecule has 1 amide bonds. The topological polar surface area (TPSA) is 46.3 Å². The molecule has 4 heteroatoms. The summed E-state index contributed by atoms with van der Waals surface area (Å²) in [4.78, 5) is 14.3. The number of nitrogens with two attached hydrogens (primary N) is 1. The third-order valence-corrected chi connectivity index (χ3v) is 3.57. The number of carbonyl (C=O) groups excluding carboxylic acids is 1. The van der Waals surface area contributed by atoms with Crippen LogP contribution in [0.5, 0.6) is 0 Å². The fraction of sp³-hybridized carbons (Fsp3) is 0.818. The van der Waals surface area contributed by atoms with Gasteiger partial charge in [-0.05, 0) is 26.7 Å². The summed E-state index contributed by atoms with van der Waals surface area (Å²) in [5, 5.41) is 0. The van der Waals surface area contributed by atoms with E-state index in [0.29, 0.717) is 17.8 Å². The molecular formula is C11H22N2OS. The zero-order valence-corrected chi connectivity index (χ0v) is 11.1. The van der Waals surface area contributed by atoms with Crippen molar-refractivity contribution in [3.63, 3.8) is 0 Å². The van der Waals surface area contributed by atoms with E-state index in [9.17, 15) is 4.79 Å². The highest BCUT2D eigenvalue weighted by atomic mass is 32.1. The monoisotopic (exact) mass is 230 g/mol. The van der Waals surface area contributed by atoms with E-state index in [4.69, 9.17) is 18.0 Å². The average molecular weight is 230 g/mol. The highest BCUT2D eigenvalue weighted by molar-refractivity contribution is 7.80. The Kier molecular flexibility index (Phi) is 5.21. The third kappa shape index (κ3) is 2.68. The molecule has 0 aromatic carbocycles. The van der Waals surface area contributed by atoms with E-state index in [2.05, 4.69) is 0 Å². The van der Waals surface area contributed by atoms with Crippen molar-refractivity contribution in [1.82, 2.24) is 4.90 Å². The van der Waals surface area contributed by atoms with Gasteiger partial charge in [0.2, 0.25) is 5.91 Å². The SMILES string of the molecule is CCC(CC)(C(=O)N(C)C(C)C)C(N)=S. The molecule has 15 heavy (non-hydrogen) atoms. The largest absolute Gasteiger partial charge is 0.392 e.